The minimum Gasteiger partial charge on any atom is -0.462 e. The van der Waals surface area contributed by atoms with Crippen molar-refractivity contribution >= 4 is 39.5 Å². The molecule has 0 heterocycles. The van der Waals surface area contributed by atoms with Crippen LogP contribution in [0.5, 0.6) is 0 Å². The maximum absolute atomic E-state index is 13.1. The van der Waals surface area contributed by atoms with Gasteiger partial charge in [0, 0.05) is 25.7 Å². The van der Waals surface area contributed by atoms with Crippen molar-refractivity contribution in [3.05, 3.63) is 0 Å². The third-order valence-corrected chi connectivity index (χ3v) is 20.7. The molecule has 100 heavy (non-hydrogen) atoms. The first-order valence-electron chi connectivity index (χ1n) is 41.7. The Bertz CT molecular complexity index is 1950. The lowest BCUT2D eigenvalue weighted by atomic mass is 10.0. The summed E-state index contributed by atoms with van der Waals surface area (Å²) in [5, 5.41) is 10.6. The molecule has 0 radical (unpaired) electrons. The summed E-state index contributed by atoms with van der Waals surface area (Å²) in [4.78, 5) is 73.0. The smallest absolute Gasteiger partial charge is 0.462 e. The van der Waals surface area contributed by atoms with Crippen molar-refractivity contribution in [3.63, 3.8) is 0 Å². The summed E-state index contributed by atoms with van der Waals surface area (Å²) in [6.45, 7) is 14.2. The Morgan fingerprint density at radius 2 is 0.420 bits per heavy atom. The second-order valence-electron chi connectivity index (χ2n) is 31.1. The van der Waals surface area contributed by atoms with Crippen LogP contribution in [0.2, 0.25) is 0 Å². The van der Waals surface area contributed by atoms with Crippen LogP contribution in [0.25, 0.3) is 0 Å². The highest BCUT2D eigenvalue weighted by atomic mass is 31.2. The van der Waals surface area contributed by atoms with Crippen LogP contribution in [0.15, 0.2) is 0 Å². The Hall–Kier alpha value is -1.94. The maximum Gasteiger partial charge on any atom is 0.472 e. The van der Waals surface area contributed by atoms with Crippen molar-refractivity contribution in [2.45, 2.75) is 433 Å². The van der Waals surface area contributed by atoms with Gasteiger partial charge in [0.25, 0.3) is 0 Å². The van der Waals surface area contributed by atoms with Crippen LogP contribution in [0, 0.1) is 23.7 Å². The number of carbonyl (C=O) groups excluding carboxylic acids is 4. The largest absolute Gasteiger partial charge is 0.472 e. The lowest BCUT2D eigenvalue weighted by Crippen LogP contribution is -2.30. The lowest BCUT2D eigenvalue weighted by Gasteiger charge is -2.21. The molecular formula is C81H158O17P2. The van der Waals surface area contributed by atoms with Crippen LogP contribution < -0.4 is 0 Å². The van der Waals surface area contributed by atoms with Crippen LogP contribution in [0.3, 0.4) is 0 Å². The number of hydrogen-bond donors (Lipinski definition) is 3. The molecule has 19 heteroatoms. The zero-order chi connectivity index (χ0) is 73.8. The van der Waals surface area contributed by atoms with E-state index in [0.717, 1.165) is 114 Å². The van der Waals surface area contributed by atoms with Crippen molar-refractivity contribution in [2.24, 2.45) is 23.7 Å². The minimum absolute atomic E-state index is 0.105. The van der Waals surface area contributed by atoms with E-state index in [9.17, 15) is 43.2 Å². The Labute approximate surface area is 613 Å². The average molecular weight is 1470 g/mol. The van der Waals surface area contributed by atoms with Gasteiger partial charge in [-0.3, -0.25) is 37.3 Å². The van der Waals surface area contributed by atoms with Crippen molar-refractivity contribution < 1.29 is 80.2 Å². The predicted molar refractivity (Wildman–Crippen MR) is 409 cm³/mol. The van der Waals surface area contributed by atoms with Gasteiger partial charge < -0.3 is 33.8 Å². The fraction of sp³-hybridized carbons (Fsp3) is 0.951. The number of ether oxygens (including phenoxy) is 4. The Morgan fingerprint density at radius 1 is 0.250 bits per heavy atom. The summed E-state index contributed by atoms with van der Waals surface area (Å²) in [7, 11) is -9.92. The predicted octanol–water partition coefficient (Wildman–Crippen LogP) is 24.0. The van der Waals surface area contributed by atoms with Gasteiger partial charge in [0.2, 0.25) is 0 Å². The third-order valence-electron chi connectivity index (χ3n) is 18.8. The molecule has 0 amide bonds. The van der Waals surface area contributed by atoms with Gasteiger partial charge in [0.15, 0.2) is 12.2 Å². The molecule has 0 aliphatic heterocycles. The van der Waals surface area contributed by atoms with Crippen LogP contribution >= 0.6 is 15.6 Å². The molecule has 0 aromatic carbocycles. The Balaban J connectivity index is 5.23. The first-order valence-corrected chi connectivity index (χ1v) is 44.7. The summed E-state index contributed by atoms with van der Waals surface area (Å²) in [6.07, 6.45) is 57.0. The average Bonchev–Trinajstić information content (AvgIpc) is 0.929. The maximum atomic E-state index is 13.1. The highest BCUT2D eigenvalue weighted by Gasteiger charge is 2.30. The summed E-state index contributed by atoms with van der Waals surface area (Å²) < 4.78 is 68.7. The minimum atomic E-state index is -4.96. The fourth-order valence-corrected chi connectivity index (χ4v) is 14.0. The van der Waals surface area contributed by atoms with Crippen molar-refractivity contribution in [1.82, 2.24) is 0 Å². The van der Waals surface area contributed by atoms with Crippen LogP contribution in [0.1, 0.15) is 415 Å². The highest BCUT2D eigenvalue weighted by molar-refractivity contribution is 7.47. The van der Waals surface area contributed by atoms with E-state index in [0.29, 0.717) is 31.6 Å². The number of phosphoric acid groups is 2. The molecule has 0 aliphatic rings. The quantitative estimate of drug-likeness (QED) is 0.0222. The van der Waals surface area contributed by atoms with Crippen molar-refractivity contribution in [2.75, 3.05) is 39.6 Å². The zero-order valence-electron chi connectivity index (χ0n) is 65.8. The summed E-state index contributed by atoms with van der Waals surface area (Å²) >= 11 is 0. The van der Waals surface area contributed by atoms with Gasteiger partial charge in [-0.1, -0.05) is 364 Å². The number of hydrogen-bond acceptors (Lipinski definition) is 15. The molecule has 0 bridgehead atoms. The molecule has 0 aromatic rings. The van der Waals surface area contributed by atoms with E-state index in [1.54, 1.807) is 0 Å². The number of carbonyl (C=O) groups is 4. The van der Waals surface area contributed by atoms with E-state index in [4.69, 9.17) is 37.0 Å². The van der Waals surface area contributed by atoms with E-state index in [-0.39, 0.29) is 25.7 Å². The normalized spacial score (nSPS) is 14.0. The number of unbranched alkanes of at least 4 members (excludes halogenated alkanes) is 44. The lowest BCUT2D eigenvalue weighted by molar-refractivity contribution is -0.161. The summed E-state index contributed by atoms with van der Waals surface area (Å²) in [5.41, 5.74) is 0. The standard InChI is InChI=1S/C81H158O17P2/c1-71(2)57-49-41-33-26-20-16-12-9-10-14-18-22-29-37-45-53-61-78(83)91-67-76(97-80(85)63-55-47-38-30-23-19-15-11-13-17-21-27-34-42-50-58-72(3)4)69-95-99(87,88)93-65-75(82)66-94-100(89,90)96-70-77(68-92-79(84)62-54-46-40-32-36-44-52-60-74(7)8)98-81(86)64-56-48-39-31-25-24-28-35-43-51-59-73(5)6/h71-77,82H,9-70H2,1-8H3,(H,87,88)(H,89,90)/t75?,76-,77-/m1/s1. The number of aliphatic hydroxyl groups excluding tert-OH is 1. The molecule has 0 aromatic heterocycles. The Kier molecular flexibility index (Phi) is 68.7. The van der Waals surface area contributed by atoms with Gasteiger partial charge in [0.05, 0.1) is 26.4 Å². The van der Waals surface area contributed by atoms with Gasteiger partial charge >= 0.3 is 39.5 Å². The molecule has 594 valence electrons. The Morgan fingerprint density at radius 3 is 0.620 bits per heavy atom. The first-order chi connectivity index (χ1) is 48.1. The van der Waals surface area contributed by atoms with Gasteiger partial charge in [-0.2, -0.15) is 0 Å². The van der Waals surface area contributed by atoms with Gasteiger partial charge in [0.1, 0.15) is 19.3 Å². The van der Waals surface area contributed by atoms with Gasteiger partial charge in [-0.05, 0) is 49.4 Å². The number of esters is 4. The highest BCUT2D eigenvalue weighted by Crippen LogP contribution is 2.45. The number of aliphatic hydroxyl groups is 1. The molecule has 17 nitrogen and oxygen atoms in total. The van der Waals surface area contributed by atoms with E-state index in [1.165, 1.54) is 212 Å². The molecule has 0 spiro atoms. The topological polar surface area (TPSA) is 237 Å². The SMILES string of the molecule is CC(C)CCCCCCCCCCCCCCCCCCC(=O)OC[C@H](COP(=O)(O)OCC(O)COP(=O)(O)OC[C@@H](COC(=O)CCCCCCCCCC(C)C)OC(=O)CCCCCCCCCCCCC(C)C)OC(=O)CCCCCCCCCCCCCCCCCC(C)C. The van der Waals surface area contributed by atoms with E-state index in [1.807, 2.05) is 0 Å². The van der Waals surface area contributed by atoms with Gasteiger partial charge in [-0.25, -0.2) is 9.13 Å². The van der Waals surface area contributed by atoms with Crippen LogP contribution in [-0.4, -0.2) is 96.7 Å². The molecular weight excluding hydrogens is 1310 g/mol. The molecule has 0 aliphatic carbocycles. The molecule has 0 saturated carbocycles. The monoisotopic (exact) mass is 1470 g/mol. The molecule has 0 saturated heterocycles. The number of rotatable bonds is 78. The van der Waals surface area contributed by atoms with Crippen LogP contribution in [-0.2, 0) is 65.4 Å². The molecule has 0 rings (SSSR count). The van der Waals surface area contributed by atoms with Crippen molar-refractivity contribution in [1.29, 1.82) is 0 Å². The van der Waals surface area contributed by atoms with E-state index in [2.05, 4.69) is 55.4 Å². The molecule has 3 unspecified atom stereocenters. The summed E-state index contributed by atoms with van der Waals surface area (Å²) in [6, 6.07) is 0. The molecule has 5 atom stereocenters. The van der Waals surface area contributed by atoms with E-state index >= 15 is 0 Å². The fourth-order valence-electron chi connectivity index (χ4n) is 12.4. The second kappa shape index (κ2) is 70.1. The second-order valence-corrected chi connectivity index (χ2v) is 34.0. The number of phosphoric ester groups is 2. The van der Waals surface area contributed by atoms with Crippen LogP contribution in [0.4, 0.5) is 0 Å². The zero-order valence-corrected chi connectivity index (χ0v) is 67.6. The third kappa shape index (κ3) is 74.3. The van der Waals surface area contributed by atoms with Crippen molar-refractivity contribution in [3.8, 4) is 0 Å². The molecule has 0 fully saturated rings. The summed E-state index contributed by atoms with van der Waals surface area (Å²) in [5.74, 6) is 0.957. The van der Waals surface area contributed by atoms with E-state index < -0.39 is 97.5 Å². The first kappa shape index (κ1) is 98.1. The van der Waals surface area contributed by atoms with Gasteiger partial charge in [-0.15, -0.1) is 0 Å². The molecule has 3 N–H and O–H groups in total.